The molecule has 5 nitrogen and oxygen atoms in total. The van der Waals surface area contributed by atoms with Crippen LogP contribution in [0.5, 0.6) is 0 Å². The molecule has 0 unspecified atom stereocenters. The van der Waals surface area contributed by atoms with Crippen LogP contribution in [-0.4, -0.2) is 16.2 Å². The molecule has 1 heterocycles. The highest BCUT2D eigenvalue weighted by molar-refractivity contribution is 5.94. The number of nitrogens with zero attached hydrogens (tertiary/aromatic N) is 2. The molecule has 0 aliphatic heterocycles. The van der Waals surface area contributed by atoms with Gasteiger partial charge in [0.2, 0.25) is 11.7 Å². The maximum Gasteiger partial charge on any atom is 0.228 e. The Morgan fingerprint density at radius 3 is 2.45 bits per heavy atom. The van der Waals surface area contributed by atoms with Crippen LogP contribution in [0.4, 0.5) is 5.82 Å². The van der Waals surface area contributed by atoms with E-state index in [0.29, 0.717) is 11.5 Å². The number of hydrogen-bond donors (Lipinski definition) is 1. The first-order chi connectivity index (χ1) is 9.65. The fourth-order valence-electron chi connectivity index (χ4n) is 2.05. The summed E-state index contributed by atoms with van der Waals surface area (Å²) in [6.07, 6.45) is 1.60. The summed E-state index contributed by atoms with van der Waals surface area (Å²) < 4.78 is 4.76. The van der Waals surface area contributed by atoms with E-state index in [4.69, 9.17) is 4.63 Å². The molecule has 106 valence electrons. The average molecular weight is 273 g/mol. The molecule has 0 aliphatic rings. The van der Waals surface area contributed by atoms with Gasteiger partial charge in [0.15, 0.2) is 5.69 Å². The van der Waals surface area contributed by atoms with Gasteiger partial charge in [-0.1, -0.05) is 43.7 Å². The fraction of sp³-hybridized carbons (Fsp3) is 0.400. The lowest BCUT2D eigenvalue weighted by Gasteiger charge is -2.11. The third-order valence-electron chi connectivity index (χ3n) is 3.41. The largest absolute Gasteiger partial charge is 0.306 e. The van der Waals surface area contributed by atoms with Gasteiger partial charge in [-0.05, 0) is 30.1 Å². The highest BCUT2D eigenvalue weighted by Crippen LogP contribution is 2.25. The van der Waals surface area contributed by atoms with E-state index in [1.54, 1.807) is 0 Å². The Morgan fingerprint density at radius 2 is 1.85 bits per heavy atom. The minimum absolute atomic E-state index is 0.0161. The van der Waals surface area contributed by atoms with E-state index in [2.05, 4.69) is 15.6 Å². The molecule has 0 atom stereocenters. The third kappa shape index (κ3) is 3.04. The smallest absolute Gasteiger partial charge is 0.228 e. The van der Waals surface area contributed by atoms with E-state index in [9.17, 15) is 4.79 Å². The van der Waals surface area contributed by atoms with Gasteiger partial charge < -0.3 is 5.32 Å². The van der Waals surface area contributed by atoms with E-state index in [1.165, 1.54) is 0 Å². The quantitative estimate of drug-likeness (QED) is 0.906. The summed E-state index contributed by atoms with van der Waals surface area (Å²) in [5.74, 6) is 0.322. The van der Waals surface area contributed by atoms with Crippen molar-refractivity contribution in [2.24, 2.45) is 5.92 Å². The molecule has 1 aromatic heterocycles. The summed E-state index contributed by atoms with van der Waals surface area (Å²) in [4.78, 5) is 12.1. The maximum absolute atomic E-state index is 12.1. The molecule has 2 rings (SSSR count). The molecule has 1 N–H and O–H groups in total. The predicted molar refractivity (Wildman–Crippen MR) is 77.2 cm³/mol. The molecule has 0 bridgehead atoms. The van der Waals surface area contributed by atoms with Crippen LogP contribution in [0, 0.1) is 12.8 Å². The molecule has 20 heavy (non-hydrogen) atoms. The molecule has 1 aromatic carbocycles. The summed E-state index contributed by atoms with van der Waals surface area (Å²) in [6, 6.07) is 7.83. The Hall–Kier alpha value is -2.17. The van der Waals surface area contributed by atoms with Crippen LogP contribution in [0.25, 0.3) is 11.3 Å². The second-order valence-electron chi connectivity index (χ2n) is 4.83. The van der Waals surface area contributed by atoms with Crippen molar-refractivity contribution >= 4 is 11.7 Å². The Labute approximate surface area is 118 Å². The first kappa shape index (κ1) is 14.2. The van der Waals surface area contributed by atoms with Gasteiger partial charge in [-0.3, -0.25) is 4.79 Å². The first-order valence-corrected chi connectivity index (χ1v) is 6.86. The van der Waals surface area contributed by atoms with E-state index < -0.39 is 0 Å². The lowest BCUT2D eigenvalue weighted by atomic mass is 10.0. The number of aromatic nitrogens is 2. The molecule has 0 spiro atoms. The zero-order chi connectivity index (χ0) is 14.5. The van der Waals surface area contributed by atoms with Gasteiger partial charge in [-0.2, -0.15) is 0 Å². The topological polar surface area (TPSA) is 68.0 Å². The normalized spacial score (nSPS) is 10.8. The zero-order valence-corrected chi connectivity index (χ0v) is 12.0. The highest BCUT2D eigenvalue weighted by Gasteiger charge is 2.19. The monoisotopic (exact) mass is 273 g/mol. The standard InChI is InChI=1S/C15H19N3O2/c1-4-11(5-2)15(19)16-14-13(17-20-18-14)12-8-6-10(3)7-9-12/h6-9,11H,4-5H2,1-3H3,(H,16,18,19). The molecule has 1 amide bonds. The van der Waals surface area contributed by atoms with E-state index >= 15 is 0 Å². The van der Waals surface area contributed by atoms with Crippen molar-refractivity contribution in [3.63, 3.8) is 0 Å². The second kappa shape index (κ2) is 6.32. The second-order valence-corrected chi connectivity index (χ2v) is 4.83. The zero-order valence-electron chi connectivity index (χ0n) is 12.0. The van der Waals surface area contributed by atoms with Crippen molar-refractivity contribution < 1.29 is 9.42 Å². The van der Waals surface area contributed by atoms with Gasteiger partial charge in [0.05, 0.1) is 0 Å². The minimum Gasteiger partial charge on any atom is -0.306 e. The van der Waals surface area contributed by atoms with Crippen LogP contribution >= 0.6 is 0 Å². The van der Waals surface area contributed by atoms with Crippen molar-refractivity contribution in [2.45, 2.75) is 33.6 Å². The molecule has 0 radical (unpaired) electrons. The summed E-state index contributed by atoms with van der Waals surface area (Å²) in [5, 5.41) is 10.5. The molecule has 0 fully saturated rings. The van der Waals surface area contributed by atoms with Crippen molar-refractivity contribution in [1.82, 2.24) is 10.3 Å². The fourth-order valence-corrected chi connectivity index (χ4v) is 2.05. The van der Waals surface area contributed by atoms with Gasteiger partial charge in [0.1, 0.15) is 0 Å². The average Bonchev–Trinajstić information content (AvgIpc) is 2.89. The SMILES string of the molecule is CCC(CC)C(=O)Nc1nonc1-c1ccc(C)cc1. The van der Waals surface area contributed by atoms with Crippen LogP contribution in [0.1, 0.15) is 32.3 Å². The molecule has 0 aliphatic carbocycles. The number of hydrogen-bond acceptors (Lipinski definition) is 4. The number of carbonyl (C=O) groups is 1. The van der Waals surface area contributed by atoms with Gasteiger partial charge in [-0.15, -0.1) is 0 Å². The predicted octanol–water partition coefficient (Wildman–Crippen LogP) is 3.42. The molecule has 5 heteroatoms. The summed E-state index contributed by atoms with van der Waals surface area (Å²) in [7, 11) is 0. The lowest BCUT2D eigenvalue weighted by molar-refractivity contribution is -0.120. The number of benzene rings is 1. The van der Waals surface area contributed by atoms with Gasteiger partial charge in [0, 0.05) is 11.5 Å². The van der Waals surface area contributed by atoms with Crippen molar-refractivity contribution in [3.05, 3.63) is 29.8 Å². The lowest BCUT2D eigenvalue weighted by Crippen LogP contribution is -2.22. The van der Waals surface area contributed by atoms with E-state index in [1.807, 2.05) is 45.0 Å². The van der Waals surface area contributed by atoms with Crippen molar-refractivity contribution in [2.75, 3.05) is 5.32 Å². The maximum atomic E-state index is 12.1. The third-order valence-corrected chi connectivity index (χ3v) is 3.41. The van der Waals surface area contributed by atoms with Gasteiger partial charge >= 0.3 is 0 Å². The van der Waals surface area contributed by atoms with Crippen LogP contribution in [0.3, 0.4) is 0 Å². The highest BCUT2D eigenvalue weighted by atomic mass is 16.6. The van der Waals surface area contributed by atoms with Crippen molar-refractivity contribution in [3.8, 4) is 11.3 Å². The Balaban J connectivity index is 2.21. The number of anilines is 1. The first-order valence-electron chi connectivity index (χ1n) is 6.86. The number of amides is 1. The Bertz CT molecular complexity index is 571. The molecule has 2 aromatic rings. The number of rotatable bonds is 5. The Morgan fingerprint density at radius 1 is 1.20 bits per heavy atom. The summed E-state index contributed by atoms with van der Waals surface area (Å²) >= 11 is 0. The van der Waals surface area contributed by atoms with Crippen LogP contribution in [0.15, 0.2) is 28.9 Å². The Kier molecular flexibility index (Phi) is 4.50. The minimum atomic E-state index is -0.0425. The molecular weight excluding hydrogens is 254 g/mol. The van der Waals surface area contributed by atoms with Crippen LogP contribution in [0.2, 0.25) is 0 Å². The van der Waals surface area contributed by atoms with E-state index in [0.717, 1.165) is 24.0 Å². The number of carbonyl (C=O) groups excluding carboxylic acids is 1. The van der Waals surface area contributed by atoms with Crippen LogP contribution in [-0.2, 0) is 4.79 Å². The number of nitrogens with one attached hydrogen (secondary N) is 1. The van der Waals surface area contributed by atoms with Gasteiger partial charge in [-0.25, -0.2) is 4.63 Å². The van der Waals surface area contributed by atoms with Gasteiger partial charge in [0.25, 0.3) is 0 Å². The molecule has 0 saturated heterocycles. The van der Waals surface area contributed by atoms with E-state index in [-0.39, 0.29) is 11.8 Å². The molecular formula is C15H19N3O2. The molecule has 0 saturated carbocycles. The summed E-state index contributed by atoms with van der Waals surface area (Å²) in [5.41, 5.74) is 2.59. The number of aryl methyl sites for hydroxylation is 1. The van der Waals surface area contributed by atoms with Crippen LogP contribution < -0.4 is 5.32 Å². The summed E-state index contributed by atoms with van der Waals surface area (Å²) in [6.45, 7) is 6.01. The van der Waals surface area contributed by atoms with Crippen molar-refractivity contribution in [1.29, 1.82) is 0 Å².